The molecular weight excluding hydrogens is 226 g/mol. The average Bonchev–Trinajstić information content (AvgIpc) is 2.72. The van der Waals surface area contributed by atoms with Crippen LogP contribution in [-0.2, 0) is 5.41 Å². The summed E-state index contributed by atoms with van der Waals surface area (Å²) in [6.45, 7) is 4.46. The first-order valence-corrected chi connectivity index (χ1v) is 6.43. The van der Waals surface area contributed by atoms with Crippen LogP contribution in [0.1, 0.15) is 30.7 Å². The van der Waals surface area contributed by atoms with Crippen LogP contribution in [0.5, 0.6) is 0 Å². The summed E-state index contributed by atoms with van der Waals surface area (Å²) in [4.78, 5) is 6.00. The number of hydrogen-bond donors (Lipinski definition) is 0. The quantitative estimate of drug-likeness (QED) is 0.480. The fourth-order valence-electron chi connectivity index (χ4n) is 2.41. The number of aliphatic imine (C=N–C) groups is 1. The van der Waals surface area contributed by atoms with E-state index in [4.69, 9.17) is 11.6 Å². The van der Waals surface area contributed by atoms with Crippen molar-refractivity contribution in [1.29, 1.82) is 0 Å². The van der Waals surface area contributed by atoms with Crippen molar-refractivity contribution in [3.8, 4) is 0 Å². The highest BCUT2D eigenvalue weighted by atomic mass is 35.5. The number of thiophene rings is 1. The van der Waals surface area contributed by atoms with Gasteiger partial charge in [-0.3, -0.25) is 4.99 Å². The Labute approximate surface area is 98.5 Å². The van der Waals surface area contributed by atoms with E-state index in [0.717, 1.165) is 6.42 Å². The molecular formula is C12H12ClNS. The van der Waals surface area contributed by atoms with Gasteiger partial charge in [-0.15, -0.1) is 11.3 Å². The molecule has 1 atom stereocenters. The maximum Gasteiger partial charge on any atom is 0.127 e. The molecule has 3 heteroatoms. The second kappa shape index (κ2) is 2.96. The number of alkyl halides is 1. The van der Waals surface area contributed by atoms with Gasteiger partial charge in [0.1, 0.15) is 5.50 Å². The minimum absolute atomic E-state index is 0.0364. The molecule has 1 aliphatic heterocycles. The molecule has 2 heterocycles. The highest BCUT2D eigenvalue weighted by Crippen LogP contribution is 2.47. The van der Waals surface area contributed by atoms with Gasteiger partial charge in [-0.05, 0) is 17.0 Å². The van der Waals surface area contributed by atoms with Crippen molar-refractivity contribution in [3.63, 3.8) is 0 Å². The monoisotopic (exact) mass is 237 g/mol. The Hall–Kier alpha value is -0.600. The van der Waals surface area contributed by atoms with E-state index in [9.17, 15) is 0 Å². The van der Waals surface area contributed by atoms with E-state index in [0.29, 0.717) is 0 Å². The number of dihydropyridines is 1. The van der Waals surface area contributed by atoms with Crippen LogP contribution in [0, 0.1) is 0 Å². The van der Waals surface area contributed by atoms with Crippen LogP contribution in [0.15, 0.2) is 22.5 Å². The minimum atomic E-state index is -0.0722. The van der Waals surface area contributed by atoms with E-state index in [1.54, 1.807) is 0 Å². The molecule has 1 unspecified atom stereocenters. The number of nitrogens with zero attached hydrogens (tertiary/aromatic N) is 1. The second-order valence-corrected chi connectivity index (χ2v) is 5.97. The molecule has 78 valence electrons. The van der Waals surface area contributed by atoms with Gasteiger partial charge in [0.15, 0.2) is 0 Å². The molecule has 0 amide bonds. The third-order valence-corrected chi connectivity index (χ3v) is 4.44. The topological polar surface area (TPSA) is 12.4 Å². The fraction of sp³-hybridized carbons (Fsp3) is 0.417. The fourth-order valence-corrected chi connectivity index (χ4v) is 3.69. The van der Waals surface area contributed by atoms with Gasteiger partial charge in [0.25, 0.3) is 0 Å². The first kappa shape index (κ1) is 9.61. The van der Waals surface area contributed by atoms with E-state index in [1.165, 1.54) is 21.7 Å². The Bertz CT molecular complexity index is 482. The summed E-state index contributed by atoms with van der Waals surface area (Å²) in [7, 11) is 0. The lowest BCUT2D eigenvalue weighted by molar-refractivity contribution is 0.725. The molecule has 1 aromatic rings. The van der Waals surface area contributed by atoms with Crippen molar-refractivity contribution in [3.05, 3.63) is 28.0 Å². The standard InChI is InChI=1S/C12H12ClNS/c1-12(2)8-5-6-15-10(8)7-3-4-9(13)14-11(7)12/h3,5-6,9H,4H2,1-2H3. The summed E-state index contributed by atoms with van der Waals surface area (Å²) >= 11 is 7.90. The largest absolute Gasteiger partial charge is 0.268 e. The van der Waals surface area contributed by atoms with Crippen molar-refractivity contribution >= 4 is 34.2 Å². The number of fused-ring (bicyclic) bond motifs is 3. The summed E-state index contributed by atoms with van der Waals surface area (Å²) in [6, 6.07) is 2.21. The van der Waals surface area contributed by atoms with Gasteiger partial charge in [0, 0.05) is 22.3 Å². The van der Waals surface area contributed by atoms with Crippen LogP contribution < -0.4 is 0 Å². The van der Waals surface area contributed by atoms with E-state index < -0.39 is 0 Å². The van der Waals surface area contributed by atoms with E-state index in [-0.39, 0.29) is 10.9 Å². The maximum atomic E-state index is 6.09. The van der Waals surface area contributed by atoms with Crippen molar-refractivity contribution in [2.45, 2.75) is 31.2 Å². The molecule has 15 heavy (non-hydrogen) atoms. The van der Waals surface area contributed by atoms with Crippen molar-refractivity contribution in [1.82, 2.24) is 0 Å². The van der Waals surface area contributed by atoms with E-state index in [2.05, 4.69) is 36.4 Å². The summed E-state index contributed by atoms with van der Waals surface area (Å²) in [6.07, 6.45) is 3.10. The van der Waals surface area contributed by atoms with Crippen LogP contribution in [0.3, 0.4) is 0 Å². The van der Waals surface area contributed by atoms with Gasteiger partial charge in [-0.2, -0.15) is 0 Å². The molecule has 0 saturated heterocycles. The lowest BCUT2D eigenvalue weighted by Gasteiger charge is -2.23. The predicted octanol–water partition coefficient (Wildman–Crippen LogP) is 3.83. The van der Waals surface area contributed by atoms with Crippen LogP contribution in [0.4, 0.5) is 0 Å². The molecule has 0 saturated carbocycles. The molecule has 0 aromatic carbocycles. The van der Waals surface area contributed by atoms with Crippen LogP contribution in [0.25, 0.3) is 5.57 Å². The predicted molar refractivity (Wildman–Crippen MR) is 67.0 cm³/mol. The first-order valence-electron chi connectivity index (χ1n) is 5.12. The Balaban J connectivity index is 2.26. The van der Waals surface area contributed by atoms with Crippen LogP contribution in [-0.4, -0.2) is 11.2 Å². The Morgan fingerprint density at radius 3 is 3.13 bits per heavy atom. The van der Waals surface area contributed by atoms with Crippen molar-refractivity contribution in [2.75, 3.05) is 0 Å². The number of allylic oxidation sites excluding steroid dienone is 1. The normalized spacial score (nSPS) is 26.7. The summed E-state index contributed by atoms with van der Waals surface area (Å²) < 4.78 is 0. The third-order valence-electron chi connectivity index (χ3n) is 3.22. The van der Waals surface area contributed by atoms with Gasteiger partial charge < -0.3 is 0 Å². The lowest BCUT2D eigenvalue weighted by atomic mass is 9.85. The van der Waals surface area contributed by atoms with Crippen LogP contribution >= 0.6 is 22.9 Å². The highest BCUT2D eigenvalue weighted by Gasteiger charge is 2.41. The smallest absolute Gasteiger partial charge is 0.127 e. The molecule has 1 aromatic heterocycles. The molecule has 2 aliphatic rings. The van der Waals surface area contributed by atoms with E-state index in [1.807, 2.05) is 11.3 Å². The third kappa shape index (κ3) is 1.18. The molecule has 1 nitrogen and oxygen atoms in total. The lowest BCUT2D eigenvalue weighted by Crippen LogP contribution is -2.26. The molecule has 0 spiro atoms. The molecule has 0 fully saturated rings. The van der Waals surface area contributed by atoms with Gasteiger partial charge in [0.05, 0.1) is 5.71 Å². The van der Waals surface area contributed by atoms with Gasteiger partial charge in [0.2, 0.25) is 0 Å². The van der Waals surface area contributed by atoms with Gasteiger partial charge >= 0.3 is 0 Å². The SMILES string of the molecule is CC1(C)C2=NC(Cl)CC=C2c2sccc21. The Morgan fingerprint density at radius 1 is 1.53 bits per heavy atom. The first-order chi connectivity index (χ1) is 7.10. The molecule has 0 bridgehead atoms. The number of rotatable bonds is 0. The second-order valence-electron chi connectivity index (χ2n) is 4.55. The molecule has 3 rings (SSSR count). The maximum absolute atomic E-state index is 6.09. The Morgan fingerprint density at radius 2 is 2.33 bits per heavy atom. The average molecular weight is 238 g/mol. The zero-order valence-electron chi connectivity index (χ0n) is 8.75. The minimum Gasteiger partial charge on any atom is -0.268 e. The van der Waals surface area contributed by atoms with Crippen LogP contribution in [0.2, 0.25) is 0 Å². The molecule has 0 N–H and O–H groups in total. The zero-order valence-corrected chi connectivity index (χ0v) is 10.3. The Kier molecular flexibility index (Phi) is 1.89. The van der Waals surface area contributed by atoms with E-state index >= 15 is 0 Å². The van der Waals surface area contributed by atoms with Crippen molar-refractivity contribution < 1.29 is 0 Å². The zero-order chi connectivity index (χ0) is 10.6. The molecule has 1 aliphatic carbocycles. The summed E-state index contributed by atoms with van der Waals surface area (Å²) in [5.74, 6) is 0. The number of hydrogen-bond acceptors (Lipinski definition) is 2. The van der Waals surface area contributed by atoms with Gasteiger partial charge in [-0.1, -0.05) is 31.5 Å². The van der Waals surface area contributed by atoms with Crippen molar-refractivity contribution in [2.24, 2.45) is 4.99 Å². The summed E-state index contributed by atoms with van der Waals surface area (Å²) in [5, 5.41) is 2.16. The summed E-state index contributed by atoms with van der Waals surface area (Å²) in [5.41, 5.74) is 3.87. The molecule has 0 radical (unpaired) electrons. The highest BCUT2D eigenvalue weighted by molar-refractivity contribution is 7.12. The number of halogens is 1. The van der Waals surface area contributed by atoms with Gasteiger partial charge in [-0.25, -0.2) is 0 Å².